The van der Waals surface area contributed by atoms with Crippen molar-refractivity contribution in [2.75, 3.05) is 0 Å². The van der Waals surface area contributed by atoms with Crippen molar-refractivity contribution in [2.45, 2.75) is 0 Å². The molecule has 0 atom stereocenters. The lowest BCUT2D eigenvalue weighted by Gasteiger charge is -2.03. The highest BCUT2D eigenvalue weighted by atomic mass is 127. The summed E-state index contributed by atoms with van der Waals surface area (Å²) in [5.74, 6) is 0.521. The van der Waals surface area contributed by atoms with Crippen molar-refractivity contribution in [1.29, 1.82) is 0 Å². The Morgan fingerprint density at radius 3 is 2.82 bits per heavy atom. The van der Waals surface area contributed by atoms with Gasteiger partial charge in [-0.25, -0.2) is 4.98 Å². The number of aromatic nitrogens is 2. The van der Waals surface area contributed by atoms with Crippen molar-refractivity contribution >= 4 is 58.0 Å². The van der Waals surface area contributed by atoms with E-state index in [4.69, 9.17) is 12.3 Å². The van der Waals surface area contributed by atoms with Gasteiger partial charge >= 0.3 is 0 Å². The number of furan rings is 1. The molecule has 0 aliphatic heterocycles. The van der Waals surface area contributed by atoms with Gasteiger partial charge in [-0.2, -0.15) is 0 Å². The summed E-state index contributed by atoms with van der Waals surface area (Å²) in [5.41, 5.74) is 2.53. The third kappa shape index (κ3) is 2.06. The lowest BCUT2D eigenvalue weighted by molar-refractivity contribution is 0.661. The van der Waals surface area contributed by atoms with E-state index in [1.54, 1.807) is 18.2 Å². The number of nitrogens with one attached hydrogen (secondary N) is 1. The van der Waals surface area contributed by atoms with Crippen molar-refractivity contribution in [3.63, 3.8) is 0 Å². The maximum absolute atomic E-state index is 12.3. The molecular weight excluding hydrogens is 390 g/mol. The van der Waals surface area contributed by atoms with Crippen LogP contribution in [0, 0.1) is 3.57 Å². The second-order valence-corrected chi connectivity index (χ2v) is 6.09. The van der Waals surface area contributed by atoms with Gasteiger partial charge in [-0.3, -0.25) is 4.79 Å². The highest BCUT2D eigenvalue weighted by Gasteiger charge is 2.15. The first kappa shape index (κ1) is 13.6. The molecular formula is C16H8BIN2O2. The van der Waals surface area contributed by atoms with E-state index in [0.29, 0.717) is 22.4 Å². The molecule has 0 bridgehead atoms. The Hall–Kier alpha value is -2.09. The molecule has 1 N–H and O–H groups in total. The number of H-pyrrole nitrogens is 1. The molecule has 4 nitrogen and oxygen atoms in total. The van der Waals surface area contributed by atoms with Crippen LogP contribution in [0.3, 0.4) is 0 Å². The smallest absolute Gasteiger partial charge is 0.294 e. The molecule has 0 fully saturated rings. The van der Waals surface area contributed by atoms with Crippen LogP contribution < -0.4 is 11.0 Å². The quantitative estimate of drug-likeness (QED) is 0.397. The van der Waals surface area contributed by atoms with Gasteiger partial charge in [0.15, 0.2) is 0 Å². The molecule has 2 aromatic heterocycles. The first-order chi connectivity index (χ1) is 10.6. The van der Waals surface area contributed by atoms with Gasteiger partial charge in [0.25, 0.3) is 5.56 Å². The molecule has 0 unspecified atom stereocenters. The third-order valence-electron chi connectivity index (χ3n) is 3.48. The Bertz CT molecular complexity index is 1080. The largest absolute Gasteiger partial charge is 0.449 e. The minimum Gasteiger partial charge on any atom is -0.449 e. The van der Waals surface area contributed by atoms with Crippen LogP contribution in [0.15, 0.2) is 51.7 Å². The molecule has 0 spiro atoms. The Labute approximate surface area is 140 Å². The van der Waals surface area contributed by atoms with Crippen LogP contribution in [0.5, 0.6) is 0 Å². The molecule has 0 amide bonds. The lowest BCUT2D eigenvalue weighted by atomic mass is 9.95. The molecule has 2 heterocycles. The SMILES string of the molecule is [B]c1ccc2oc3c(=O)[nH]c(-c4ccccc4I)nc3c2c1. The zero-order valence-electron chi connectivity index (χ0n) is 11.3. The predicted octanol–water partition coefficient (Wildman–Crippen LogP) is 2.73. The fourth-order valence-corrected chi connectivity index (χ4v) is 3.09. The summed E-state index contributed by atoms with van der Waals surface area (Å²) in [4.78, 5) is 19.7. The standard InChI is InChI=1S/C16H8BIN2O2/c17-8-5-6-12-10(7-8)13-14(22-12)16(21)20-15(19-13)9-3-1-2-4-11(9)18/h1-7H,(H,19,20,21). The molecule has 2 radical (unpaired) electrons. The number of hydrogen-bond donors (Lipinski definition) is 1. The molecule has 0 aliphatic carbocycles. The van der Waals surface area contributed by atoms with Gasteiger partial charge in [0.1, 0.15) is 24.8 Å². The molecule has 2 aromatic carbocycles. The van der Waals surface area contributed by atoms with Crippen molar-refractivity contribution in [3.05, 3.63) is 56.4 Å². The predicted molar refractivity (Wildman–Crippen MR) is 95.7 cm³/mol. The summed E-state index contributed by atoms with van der Waals surface area (Å²) in [5, 5.41) is 0.744. The molecule has 0 saturated heterocycles. The first-order valence-electron chi connectivity index (χ1n) is 6.60. The number of fused-ring (bicyclic) bond motifs is 3. The topological polar surface area (TPSA) is 58.9 Å². The van der Waals surface area contributed by atoms with E-state index >= 15 is 0 Å². The van der Waals surface area contributed by atoms with Crippen molar-refractivity contribution in [2.24, 2.45) is 0 Å². The first-order valence-corrected chi connectivity index (χ1v) is 7.68. The van der Waals surface area contributed by atoms with Crippen molar-refractivity contribution in [3.8, 4) is 11.4 Å². The summed E-state index contributed by atoms with van der Waals surface area (Å²) in [6.45, 7) is 0. The molecule has 104 valence electrons. The van der Waals surface area contributed by atoms with Crippen LogP contribution >= 0.6 is 22.6 Å². The average molecular weight is 398 g/mol. The number of benzene rings is 2. The summed E-state index contributed by atoms with van der Waals surface area (Å²) >= 11 is 2.22. The van der Waals surface area contributed by atoms with Gasteiger partial charge in [-0.05, 0) is 34.7 Å². The summed E-state index contributed by atoms with van der Waals surface area (Å²) in [7, 11) is 5.83. The molecule has 0 saturated carbocycles. The van der Waals surface area contributed by atoms with Crippen LogP contribution in [-0.4, -0.2) is 17.8 Å². The molecule has 0 aliphatic rings. The van der Waals surface area contributed by atoms with E-state index in [2.05, 4.69) is 32.6 Å². The second-order valence-electron chi connectivity index (χ2n) is 4.93. The van der Waals surface area contributed by atoms with Gasteiger partial charge in [0.05, 0.1) is 0 Å². The fraction of sp³-hybridized carbons (Fsp3) is 0. The normalized spacial score (nSPS) is 11.3. The van der Waals surface area contributed by atoms with E-state index in [9.17, 15) is 4.79 Å². The summed E-state index contributed by atoms with van der Waals surface area (Å²) < 4.78 is 6.60. The van der Waals surface area contributed by atoms with Crippen LogP contribution in [-0.2, 0) is 0 Å². The Morgan fingerprint density at radius 2 is 2.00 bits per heavy atom. The van der Waals surface area contributed by atoms with E-state index in [1.165, 1.54) is 0 Å². The number of nitrogens with zero attached hydrogens (tertiary/aromatic N) is 1. The molecule has 4 rings (SSSR count). The molecule has 4 aromatic rings. The highest BCUT2D eigenvalue weighted by Crippen LogP contribution is 2.27. The lowest BCUT2D eigenvalue weighted by Crippen LogP contribution is -2.08. The maximum Gasteiger partial charge on any atom is 0.294 e. The van der Waals surface area contributed by atoms with E-state index in [-0.39, 0.29) is 11.1 Å². The van der Waals surface area contributed by atoms with Gasteiger partial charge in [-0.15, -0.1) is 0 Å². The summed E-state index contributed by atoms with van der Waals surface area (Å²) in [6, 6.07) is 13.0. The van der Waals surface area contributed by atoms with E-state index in [0.717, 1.165) is 14.5 Å². The van der Waals surface area contributed by atoms with Gasteiger partial charge in [-0.1, -0.05) is 35.8 Å². The van der Waals surface area contributed by atoms with Crippen LogP contribution in [0.25, 0.3) is 33.5 Å². The van der Waals surface area contributed by atoms with Gasteiger partial charge in [0.2, 0.25) is 5.58 Å². The van der Waals surface area contributed by atoms with Crippen LogP contribution in [0.1, 0.15) is 0 Å². The Kier molecular flexibility index (Phi) is 3.07. The molecule has 22 heavy (non-hydrogen) atoms. The van der Waals surface area contributed by atoms with E-state index < -0.39 is 0 Å². The third-order valence-corrected chi connectivity index (χ3v) is 4.42. The Morgan fingerprint density at radius 1 is 1.18 bits per heavy atom. The molecule has 6 heteroatoms. The fourth-order valence-electron chi connectivity index (χ4n) is 2.45. The number of aromatic amines is 1. The van der Waals surface area contributed by atoms with Gasteiger partial charge < -0.3 is 9.40 Å². The maximum atomic E-state index is 12.3. The zero-order chi connectivity index (χ0) is 15.3. The highest BCUT2D eigenvalue weighted by molar-refractivity contribution is 14.1. The second kappa shape index (κ2) is 4.98. The minimum absolute atomic E-state index is 0.218. The van der Waals surface area contributed by atoms with E-state index in [1.807, 2.05) is 24.3 Å². The zero-order valence-corrected chi connectivity index (χ0v) is 13.4. The number of halogens is 1. The van der Waals surface area contributed by atoms with Crippen LogP contribution in [0.4, 0.5) is 0 Å². The van der Waals surface area contributed by atoms with Crippen molar-refractivity contribution < 1.29 is 4.42 Å². The van der Waals surface area contributed by atoms with Gasteiger partial charge in [0, 0.05) is 14.5 Å². The Balaban J connectivity index is 2.11. The number of rotatable bonds is 1. The van der Waals surface area contributed by atoms with Crippen molar-refractivity contribution in [1.82, 2.24) is 9.97 Å². The number of hydrogen-bond acceptors (Lipinski definition) is 3. The minimum atomic E-state index is -0.297. The summed E-state index contributed by atoms with van der Waals surface area (Å²) in [6.07, 6.45) is 0. The monoisotopic (exact) mass is 398 g/mol. The average Bonchev–Trinajstić information content (AvgIpc) is 2.86. The van der Waals surface area contributed by atoms with Crippen LogP contribution in [0.2, 0.25) is 0 Å².